The molecule has 0 bridgehead atoms. The quantitative estimate of drug-likeness (QED) is 0.318. The molecule has 0 amide bonds. The Morgan fingerprint density at radius 1 is 0.885 bits per heavy atom. The van der Waals surface area contributed by atoms with Gasteiger partial charge in [0.25, 0.3) is 0 Å². The lowest BCUT2D eigenvalue weighted by Gasteiger charge is -2.05. The Hall–Kier alpha value is -2.35. The van der Waals surface area contributed by atoms with Gasteiger partial charge in [0, 0.05) is 34.8 Å². The second-order valence-corrected chi connectivity index (χ2v) is 7.22. The van der Waals surface area contributed by atoms with Crippen LogP contribution in [0.5, 0.6) is 0 Å². The standard InChI is InChI=1S/C24H29NO/c1-3-4-5-6-7-10-17-25-18-22(21-11-8-9-12-23(21)25)24(26)20-15-13-19(2)14-16-20/h8-9,11-16,18H,3-7,10,17H2,1-2H3. The SMILES string of the molecule is CCCCCCCCn1cc(C(=O)c2ccc(C)cc2)c2ccccc21. The highest BCUT2D eigenvalue weighted by atomic mass is 16.1. The maximum Gasteiger partial charge on any atom is 0.195 e. The third-order valence-electron chi connectivity index (χ3n) is 5.10. The van der Waals surface area contributed by atoms with E-state index in [0.29, 0.717) is 0 Å². The first-order valence-corrected chi connectivity index (χ1v) is 9.90. The molecule has 0 N–H and O–H groups in total. The zero-order chi connectivity index (χ0) is 18.4. The Labute approximate surface area is 156 Å². The van der Waals surface area contributed by atoms with Gasteiger partial charge in [-0.05, 0) is 19.4 Å². The van der Waals surface area contributed by atoms with Crippen molar-refractivity contribution in [3.8, 4) is 0 Å². The van der Waals surface area contributed by atoms with Crippen LogP contribution in [0.2, 0.25) is 0 Å². The molecule has 0 aliphatic heterocycles. The lowest BCUT2D eigenvalue weighted by Crippen LogP contribution is -2.01. The van der Waals surface area contributed by atoms with Crippen molar-refractivity contribution < 1.29 is 4.79 Å². The molecule has 0 atom stereocenters. The summed E-state index contributed by atoms with van der Waals surface area (Å²) in [6, 6.07) is 16.1. The zero-order valence-corrected chi connectivity index (χ0v) is 16.0. The minimum absolute atomic E-state index is 0.114. The molecular formula is C24H29NO. The number of unbranched alkanes of at least 4 members (excludes halogenated alkanes) is 5. The summed E-state index contributed by atoms with van der Waals surface area (Å²) in [5, 5.41) is 1.06. The number of nitrogens with zero attached hydrogens (tertiary/aromatic N) is 1. The molecule has 0 unspecified atom stereocenters. The van der Waals surface area contributed by atoms with Gasteiger partial charge < -0.3 is 4.57 Å². The lowest BCUT2D eigenvalue weighted by atomic mass is 10.0. The van der Waals surface area contributed by atoms with E-state index in [1.807, 2.05) is 37.3 Å². The summed E-state index contributed by atoms with van der Waals surface area (Å²) in [6.07, 6.45) is 9.74. The van der Waals surface area contributed by atoms with Gasteiger partial charge in [-0.15, -0.1) is 0 Å². The molecule has 0 spiro atoms. The molecule has 0 saturated carbocycles. The van der Waals surface area contributed by atoms with Gasteiger partial charge in [-0.3, -0.25) is 4.79 Å². The van der Waals surface area contributed by atoms with Crippen molar-refractivity contribution in [3.05, 3.63) is 71.4 Å². The number of rotatable bonds is 9. The number of carbonyl (C=O) groups excluding carboxylic acids is 1. The predicted octanol–water partition coefficient (Wildman–Crippen LogP) is 6.54. The van der Waals surface area contributed by atoms with Gasteiger partial charge >= 0.3 is 0 Å². The molecule has 0 fully saturated rings. The third-order valence-corrected chi connectivity index (χ3v) is 5.10. The molecule has 2 nitrogen and oxygen atoms in total. The van der Waals surface area contributed by atoms with Gasteiger partial charge in [0.05, 0.1) is 0 Å². The fraction of sp³-hybridized carbons (Fsp3) is 0.375. The molecule has 3 rings (SSSR count). The van der Waals surface area contributed by atoms with Crippen molar-refractivity contribution in [2.75, 3.05) is 0 Å². The summed E-state index contributed by atoms with van der Waals surface area (Å²) in [5.74, 6) is 0.114. The van der Waals surface area contributed by atoms with Gasteiger partial charge in [-0.2, -0.15) is 0 Å². The first-order chi connectivity index (χ1) is 12.7. The summed E-state index contributed by atoms with van der Waals surface area (Å²) in [4.78, 5) is 13.0. The van der Waals surface area contributed by atoms with Crippen molar-refractivity contribution >= 4 is 16.7 Å². The Kier molecular flexibility index (Phi) is 6.27. The molecule has 0 aliphatic rings. The first-order valence-electron chi connectivity index (χ1n) is 9.90. The number of ketones is 1. The number of hydrogen-bond acceptors (Lipinski definition) is 1. The number of benzene rings is 2. The Bertz CT molecular complexity index is 858. The molecule has 0 radical (unpaired) electrons. The van der Waals surface area contributed by atoms with Crippen LogP contribution in [0, 0.1) is 6.92 Å². The lowest BCUT2D eigenvalue weighted by molar-refractivity contribution is 0.104. The van der Waals surface area contributed by atoms with Gasteiger partial charge in [0.2, 0.25) is 0 Å². The number of hydrogen-bond donors (Lipinski definition) is 0. The zero-order valence-electron chi connectivity index (χ0n) is 16.0. The van der Waals surface area contributed by atoms with Crippen LogP contribution in [-0.4, -0.2) is 10.4 Å². The van der Waals surface area contributed by atoms with Crippen molar-refractivity contribution in [1.29, 1.82) is 0 Å². The highest BCUT2D eigenvalue weighted by molar-refractivity contribution is 6.16. The average Bonchev–Trinajstić information content (AvgIpc) is 3.03. The van der Waals surface area contributed by atoms with Crippen molar-refractivity contribution in [2.24, 2.45) is 0 Å². The normalized spacial score (nSPS) is 11.2. The summed E-state index contributed by atoms with van der Waals surface area (Å²) in [6.45, 7) is 5.27. The summed E-state index contributed by atoms with van der Waals surface area (Å²) >= 11 is 0. The van der Waals surface area contributed by atoms with Crippen LogP contribution in [0.25, 0.3) is 10.9 Å². The van der Waals surface area contributed by atoms with E-state index in [1.165, 1.54) is 44.1 Å². The monoisotopic (exact) mass is 347 g/mol. The molecule has 2 aromatic carbocycles. The van der Waals surface area contributed by atoms with Crippen LogP contribution in [0.4, 0.5) is 0 Å². The first kappa shape index (κ1) is 18.4. The van der Waals surface area contributed by atoms with Gasteiger partial charge in [0.1, 0.15) is 0 Å². The minimum atomic E-state index is 0.114. The van der Waals surface area contributed by atoms with E-state index in [0.717, 1.165) is 28.6 Å². The maximum atomic E-state index is 13.0. The van der Waals surface area contributed by atoms with Gasteiger partial charge in [-0.25, -0.2) is 0 Å². The van der Waals surface area contributed by atoms with Crippen LogP contribution in [-0.2, 0) is 6.54 Å². The number of aryl methyl sites for hydroxylation is 2. The molecular weight excluding hydrogens is 318 g/mol. The number of carbonyl (C=O) groups is 1. The van der Waals surface area contributed by atoms with Gasteiger partial charge in [0.15, 0.2) is 5.78 Å². The molecule has 3 aromatic rings. The van der Waals surface area contributed by atoms with Crippen molar-refractivity contribution in [2.45, 2.75) is 58.9 Å². The van der Waals surface area contributed by atoms with Crippen LogP contribution < -0.4 is 0 Å². The minimum Gasteiger partial charge on any atom is -0.347 e. The molecule has 0 saturated heterocycles. The smallest absolute Gasteiger partial charge is 0.195 e. The Balaban J connectivity index is 1.78. The molecule has 136 valence electrons. The molecule has 1 heterocycles. The van der Waals surface area contributed by atoms with Crippen molar-refractivity contribution in [1.82, 2.24) is 4.57 Å². The molecule has 1 aromatic heterocycles. The third kappa shape index (κ3) is 4.24. The van der Waals surface area contributed by atoms with E-state index in [9.17, 15) is 4.79 Å². The van der Waals surface area contributed by atoms with Crippen LogP contribution in [0.1, 0.15) is 66.9 Å². The summed E-state index contributed by atoms with van der Waals surface area (Å²) < 4.78 is 2.26. The van der Waals surface area contributed by atoms with Crippen LogP contribution >= 0.6 is 0 Å². The van der Waals surface area contributed by atoms with Crippen LogP contribution in [0.15, 0.2) is 54.7 Å². The van der Waals surface area contributed by atoms with E-state index >= 15 is 0 Å². The Morgan fingerprint density at radius 3 is 2.35 bits per heavy atom. The highest BCUT2D eigenvalue weighted by Crippen LogP contribution is 2.25. The largest absolute Gasteiger partial charge is 0.347 e. The van der Waals surface area contributed by atoms with Gasteiger partial charge in [-0.1, -0.05) is 87.1 Å². The fourth-order valence-electron chi connectivity index (χ4n) is 3.54. The average molecular weight is 348 g/mol. The second-order valence-electron chi connectivity index (χ2n) is 7.22. The topological polar surface area (TPSA) is 22.0 Å². The summed E-state index contributed by atoms with van der Waals surface area (Å²) in [7, 11) is 0. The van der Waals surface area contributed by atoms with E-state index < -0.39 is 0 Å². The van der Waals surface area contributed by atoms with E-state index in [1.54, 1.807) is 0 Å². The summed E-state index contributed by atoms with van der Waals surface area (Å²) in [5.41, 5.74) is 3.91. The number of para-hydroxylation sites is 1. The molecule has 0 aliphatic carbocycles. The number of fused-ring (bicyclic) bond motifs is 1. The Morgan fingerprint density at radius 2 is 1.58 bits per heavy atom. The molecule has 26 heavy (non-hydrogen) atoms. The maximum absolute atomic E-state index is 13.0. The molecule has 2 heteroatoms. The fourth-order valence-corrected chi connectivity index (χ4v) is 3.54. The van der Waals surface area contributed by atoms with E-state index in [4.69, 9.17) is 0 Å². The highest BCUT2D eigenvalue weighted by Gasteiger charge is 2.16. The second kappa shape index (κ2) is 8.84. The number of aromatic nitrogens is 1. The predicted molar refractivity (Wildman–Crippen MR) is 110 cm³/mol. The van der Waals surface area contributed by atoms with E-state index in [-0.39, 0.29) is 5.78 Å². The van der Waals surface area contributed by atoms with Crippen LogP contribution in [0.3, 0.4) is 0 Å². The van der Waals surface area contributed by atoms with Crippen molar-refractivity contribution in [3.63, 3.8) is 0 Å². The van der Waals surface area contributed by atoms with E-state index in [2.05, 4.69) is 35.9 Å².